The van der Waals surface area contributed by atoms with Crippen LogP contribution in [0.1, 0.15) is 23.9 Å². The minimum Gasteiger partial charge on any atom is -0.467 e. The number of carbonyl (C=O) groups is 2. The van der Waals surface area contributed by atoms with Gasteiger partial charge in [0, 0.05) is 24.8 Å². The Morgan fingerprint density at radius 3 is 2.53 bits per heavy atom. The highest BCUT2D eigenvalue weighted by molar-refractivity contribution is 5.83. The van der Waals surface area contributed by atoms with Gasteiger partial charge in [-0.1, -0.05) is 0 Å². The Hall–Kier alpha value is -2.05. The number of carbonyl (C=O) groups excluding carboxylic acids is 2. The number of esters is 1. The third-order valence-electron chi connectivity index (χ3n) is 2.99. The van der Waals surface area contributed by atoms with Crippen molar-refractivity contribution in [3.63, 3.8) is 0 Å². The maximum absolute atomic E-state index is 11.6. The third-order valence-corrected chi connectivity index (χ3v) is 2.99. The van der Waals surface area contributed by atoms with E-state index >= 15 is 0 Å². The van der Waals surface area contributed by atoms with Crippen molar-refractivity contribution < 1.29 is 14.3 Å². The Morgan fingerprint density at radius 2 is 2.05 bits per heavy atom. The first kappa shape index (κ1) is 15.0. The molecule has 0 saturated heterocycles. The van der Waals surface area contributed by atoms with Crippen molar-refractivity contribution in [2.75, 3.05) is 7.11 Å². The van der Waals surface area contributed by atoms with Crippen LogP contribution in [0.15, 0.2) is 0 Å². The van der Waals surface area contributed by atoms with Gasteiger partial charge in [-0.05, 0) is 20.8 Å². The number of nitrogens with one attached hydrogen (secondary N) is 2. The molecule has 0 spiro atoms. The lowest BCUT2D eigenvalue weighted by atomic mass is 10.2. The highest BCUT2D eigenvalue weighted by Gasteiger charge is 2.16. The van der Waals surface area contributed by atoms with Crippen molar-refractivity contribution in [3.05, 3.63) is 17.0 Å². The second kappa shape index (κ2) is 6.21. The molecule has 0 fully saturated rings. The highest BCUT2D eigenvalue weighted by atomic mass is 16.5. The monoisotopic (exact) mass is 268 g/mol. The average Bonchev–Trinajstić information content (AvgIpc) is 2.60. The van der Waals surface area contributed by atoms with E-state index in [-0.39, 0.29) is 0 Å². The summed E-state index contributed by atoms with van der Waals surface area (Å²) in [4.78, 5) is 22.8. The van der Waals surface area contributed by atoms with Crippen LogP contribution in [0.2, 0.25) is 0 Å². The van der Waals surface area contributed by atoms with Crippen LogP contribution in [0.4, 0.5) is 4.79 Å². The normalized spacial score (nSPS) is 11.8. The van der Waals surface area contributed by atoms with Crippen LogP contribution in [0.25, 0.3) is 0 Å². The van der Waals surface area contributed by atoms with Crippen LogP contribution in [-0.4, -0.2) is 34.9 Å². The van der Waals surface area contributed by atoms with Gasteiger partial charge in [0.2, 0.25) is 0 Å². The summed E-state index contributed by atoms with van der Waals surface area (Å²) in [6.07, 6.45) is 0. The van der Waals surface area contributed by atoms with Gasteiger partial charge >= 0.3 is 12.0 Å². The van der Waals surface area contributed by atoms with Crippen LogP contribution in [-0.2, 0) is 23.1 Å². The lowest BCUT2D eigenvalue weighted by Crippen LogP contribution is -2.44. The van der Waals surface area contributed by atoms with Crippen molar-refractivity contribution in [1.29, 1.82) is 0 Å². The summed E-state index contributed by atoms with van der Waals surface area (Å²) in [5, 5.41) is 9.45. The summed E-state index contributed by atoms with van der Waals surface area (Å²) in [5.74, 6) is -0.483. The number of amides is 2. The predicted molar refractivity (Wildman–Crippen MR) is 69.5 cm³/mol. The zero-order chi connectivity index (χ0) is 14.6. The molecule has 2 N–H and O–H groups in total. The first-order valence-corrected chi connectivity index (χ1v) is 5.98. The van der Waals surface area contributed by atoms with E-state index in [1.807, 2.05) is 20.9 Å². The fourth-order valence-electron chi connectivity index (χ4n) is 1.73. The van der Waals surface area contributed by atoms with E-state index in [1.54, 1.807) is 11.6 Å². The number of rotatable bonds is 4. The smallest absolute Gasteiger partial charge is 0.328 e. The molecule has 19 heavy (non-hydrogen) atoms. The van der Waals surface area contributed by atoms with E-state index in [2.05, 4.69) is 20.5 Å². The zero-order valence-corrected chi connectivity index (χ0v) is 11.9. The minimum absolute atomic E-state index is 0.366. The standard InChI is InChI=1S/C12H20N4O3/c1-7-10(9(3)16(4)15-7)6-13-12(18)14-8(2)11(17)19-5/h8H,6H2,1-5H3,(H2,13,14,18). The summed E-state index contributed by atoms with van der Waals surface area (Å²) in [5.41, 5.74) is 2.85. The van der Waals surface area contributed by atoms with E-state index in [0.29, 0.717) is 6.54 Å². The fraction of sp³-hybridized carbons (Fsp3) is 0.583. The first-order chi connectivity index (χ1) is 8.86. The number of hydrogen-bond acceptors (Lipinski definition) is 4. The lowest BCUT2D eigenvalue weighted by Gasteiger charge is -2.12. The summed E-state index contributed by atoms with van der Waals surface area (Å²) < 4.78 is 6.29. The van der Waals surface area contributed by atoms with E-state index in [9.17, 15) is 9.59 Å². The molecule has 2 amide bonds. The van der Waals surface area contributed by atoms with Crippen LogP contribution < -0.4 is 10.6 Å². The summed E-state index contributed by atoms with van der Waals surface area (Å²) >= 11 is 0. The molecular formula is C12H20N4O3. The molecule has 0 aliphatic carbocycles. The molecule has 7 heteroatoms. The molecule has 0 saturated carbocycles. The predicted octanol–water partition coefficient (Wildman–Crippen LogP) is 0.398. The second-order valence-corrected chi connectivity index (χ2v) is 4.34. The van der Waals surface area contributed by atoms with Crippen molar-refractivity contribution in [2.45, 2.75) is 33.4 Å². The molecular weight excluding hydrogens is 248 g/mol. The van der Waals surface area contributed by atoms with Gasteiger partial charge < -0.3 is 15.4 Å². The molecule has 0 bridgehead atoms. The van der Waals surface area contributed by atoms with Gasteiger partial charge in [-0.15, -0.1) is 0 Å². The topological polar surface area (TPSA) is 85.2 Å². The van der Waals surface area contributed by atoms with Gasteiger partial charge in [0.1, 0.15) is 6.04 Å². The molecule has 7 nitrogen and oxygen atoms in total. The number of methoxy groups -OCH3 is 1. The Balaban J connectivity index is 2.53. The molecule has 1 aromatic rings. The summed E-state index contributed by atoms with van der Waals surface area (Å²) in [6.45, 7) is 5.75. The average molecular weight is 268 g/mol. The van der Waals surface area contributed by atoms with Crippen LogP contribution in [0.3, 0.4) is 0 Å². The SMILES string of the molecule is COC(=O)C(C)NC(=O)NCc1c(C)nn(C)c1C. The van der Waals surface area contributed by atoms with Gasteiger partial charge in [0.15, 0.2) is 0 Å². The van der Waals surface area contributed by atoms with Crippen LogP contribution in [0, 0.1) is 13.8 Å². The van der Waals surface area contributed by atoms with Crippen molar-refractivity contribution in [1.82, 2.24) is 20.4 Å². The van der Waals surface area contributed by atoms with E-state index in [4.69, 9.17) is 0 Å². The van der Waals surface area contributed by atoms with Crippen LogP contribution >= 0.6 is 0 Å². The molecule has 1 aromatic heterocycles. The van der Waals surface area contributed by atoms with Gasteiger partial charge in [0.25, 0.3) is 0 Å². The maximum Gasteiger partial charge on any atom is 0.328 e. The number of hydrogen-bond donors (Lipinski definition) is 2. The van der Waals surface area contributed by atoms with Crippen molar-refractivity contribution in [3.8, 4) is 0 Å². The summed E-state index contributed by atoms with van der Waals surface area (Å²) in [6, 6.07) is -1.10. The Kier molecular flexibility index (Phi) is 4.91. The van der Waals surface area contributed by atoms with Crippen molar-refractivity contribution >= 4 is 12.0 Å². The van der Waals surface area contributed by atoms with Gasteiger partial charge in [0.05, 0.1) is 12.8 Å². The molecule has 106 valence electrons. The summed E-state index contributed by atoms with van der Waals surface area (Å²) in [7, 11) is 3.13. The highest BCUT2D eigenvalue weighted by Crippen LogP contribution is 2.10. The van der Waals surface area contributed by atoms with Crippen LogP contribution in [0.5, 0.6) is 0 Å². The van der Waals surface area contributed by atoms with Gasteiger partial charge in [-0.25, -0.2) is 9.59 Å². The third kappa shape index (κ3) is 3.70. The molecule has 1 rings (SSSR count). The Morgan fingerprint density at radius 1 is 1.42 bits per heavy atom. The molecule has 1 atom stereocenters. The number of nitrogens with zero attached hydrogens (tertiary/aromatic N) is 2. The molecule has 1 unspecified atom stereocenters. The number of aromatic nitrogens is 2. The van der Waals surface area contributed by atoms with E-state index < -0.39 is 18.0 Å². The Labute approximate surface area is 112 Å². The molecule has 1 heterocycles. The maximum atomic E-state index is 11.6. The molecule has 0 aliphatic rings. The van der Waals surface area contributed by atoms with Gasteiger partial charge in [-0.3, -0.25) is 4.68 Å². The molecule has 0 aliphatic heterocycles. The molecule has 0 aromatic carbocycles. The second-order valence-electron chi connectivity index (χ2n) is 4.34. The minimum atomic E-state index is -0.680. The lowest BCUT2D eigenvalue weighted by molar-refractivity contribution is -0.142. The van der Waals surface area contributed by atoms with E-state index in [1.165, 1.54) is 7.11 Å². The fourth-order valence-corrected chi connectivity index (χ4v) is 1.73. The number of aryl methyl sites for hydroxylation is 2. The zero-order valence-electron chi connectivity index (χ0n) is 11.9. The van der Waals surface area contributed by atoms with E-state index in [0.717, 1.165) is 17.0 Å². The number of urea groups is 1. The van der Waals surface area contributed by atoms with Crippen molar-refractivity contribution in [2.24, 2.45) is 7.05 Å². The Bertz CT molecular complexity index is 482. The quantitative estimate of drug-likeness (QED) is 0.774. The number of ether oxygens (including phenoxy) is 1. The largest absolute Gasteiger partial charge is 0.467 e. The van der Waals surface area contributed by atoms with Gasteiger partial charge in [-0.2, -0.15) is 5.10 Å². The first-order valence-electron chi connectivity index (χ1n) is 5.98. The molecule has 0 radical (unpaired) electrons.